The van der Waals surface area contributed by atoms with Gasteiger partial charge in [-0.05, 0) is 18.2 Å². The van der Waals surface area contributed by atoms with E-state index in [-0.39, 0.29) is 0 Å². The predicted octanol–water partition coefficient (Wildman–Crippen LogP) is 3.19. The average Bonchev–Trinajstić information content (AvgIpc) is 2.78. The Labute approximate surface area is 121 Å². The third-order valence-electron chi connectivity index (χ3n) is 2.79. The standard InChI is InChI=1S/C13H13ClN4S/c1-3-12-16-17-13(18(12)2)8-19-11-5-4-9(7-15)6-10(11)14/h4-6H,3,8H2,1-2H3. The number of hydrogen-bond acceptors (Lipinski definition) is 4. The normalized spacial score (nSPS) is 10.4. The molecule has 0 spiro atoms. The first-order valence-corrected chi connectivity index (χ1v) is 7.21. The van der Waals surface area contributed by atoms with E-state index in [2.05, 4.69) is 23.2 Å². The molecule has 0 N–H and O–H groups in total. The number of nitriles is 1. The van der Waals surface area contributed by atoms with E-state index in [1.54, 1.807) is 23.9 Å². The number of thioether (sulfide) groups is 1. The summed E-state index contributed by atoms with van der Waals surface area (Å²) in [6.45, 7) is 2.05. The lowest BCUT2D eigenvalue weighted by Gasteiger charge is -2.05. The van der Waals surface area contributed by atoms with Crippen LogP contribution in [0.2, 0.25) is 5.02 Å². The van der Waals surface area contributed by atoms with Crippen LogP contribution in [0.3, 0.4) is 0 Å². The zero-order valence-corrected chi connectivity index (χ0v) is 12.3. The van der Waals surface area contributed by atoms with Gasteiger partial charge in [-0.15, -0.1) is 22.0 Å². The fourth-order valence-electron chi connectivity index (χ4n) is 1.66. The summed E-state index contributed by atoms with van der Waals surface area (Å²) in [5, 5.41) is 17.7. The molecule has 1 aromatic carbocycles. The molecule has 2 rings (SSSR count). The first kappa shape index (κ1) is 13.9. The molecular weight excluding hydrogens is 280 g/mol. The summed E-state index contributed by atoms with van der Waals surface area (Å²) in [6, 6.07) is 7.38. The van der Waals surface area contributed by atoms with E-state index >= 15 is 0 Å². The van der Waals surface area contributed by atoms with Gasteiger partial charge in [-0.1, -0.05) is 18.5 Å². The van der Waals surface area contributed by atoms with Crippen LogP contribution in [-0.4, -0.2) is 14.8 Å². The van der Waals surface area contributed by atoms with E-state index in [1.165, 1.54) is 0 Å². The number of rotatable bonds is 4. The van der Waals surface area contributed by atoms with Crippen LogP contribution in [0.1, 0.15) is 24.1 Å². The highest BCUT2D eigenvalue weighted by atomic mass is 35.5. The third-order valence-corrected chi connectivity index (χ3v) is 4.28. The van der Waals surface area contributed by atoms with Gasteiger partial charge in [0.05, 0.1) is 22.4 Å². The van der Waals surface area contributed by atoms with Crippen LogP contribution < -0.4 is 0 Å². The van der Waals surface area contributed by atoms with Crippen molar-refractivity contribution in [2.24, 2.45) is 7.05 Å². The molecule has 98 valence electrons. The number of aryl methyl sites for hydroxylation is 1. The molecule has 0 radical (unpaired) electrons. The van der Waals surface area contributed by atoms with Crippen LogP contribution in [-0.2, 0) is 19.2 Å². The molecule has 4 nitrogen and oxygen atoms in total. The van der Waals surface area contributed by atoms with Crippen LogP contribution in [0.25, 0.3) is 0 Å². The van der Waals surface area contributed by atoms with Crippen LogP contribution in [0.15, 0.2) is 23.1 Å². The Morgan fingerprint density at radius 3 is 2.68 bits per heavy atom. The Morgan fingerprint density at radius 2 is 2.11 bits per heavy atom. The van der Waals surface area contributed by atoms with Crippen LogP contribution in [0.5, 0.6) is 0 Å². The molecule has 0 fully saturated rings. The van der Waals surface area contributed by atoms with Gasteiger partial charge in [0.1, 0.15) is 11.6 Å². The third kappa shape index (κ3) is 3.09. The minimum atomic E-state index is 0.571. The Morgan fingerprint density at radius 1 is 1.37 bits per heavy atom. The highest BCUT2D eigenvalue weighted by Gasteiger charge is 2.09. The number of benzene rings is 1. The van der Waals surface area contributed by atoms with Crippen molar-refractivity contribution in [3.8, 4) is 6.07 Å². The number of nitrogens with zero attached hydrogens (tertiary/aromatic N) is 4. The number of hydrogen-bond donors (Lipinski definition) is 0. The second-order valence-corrected chi connectivity index (χ2v) is 5.42. The van der Waals surface area contributed by atoms with Crippen LogP contribution in [0.4, 0.5) is 0 Å². The Bertz CT molecular complexity index is 630. The van der Waals surface area contributed by atoms with Crippen molar-refractivity contribution in [2.75, 3.05) is 0 Å². The second-order valence-electron chi connectivity index (χ2n) is 3.99. The maximum absolute atomic E-state index is 8.79. The van der Waals surface area contributed by atoms with E-state index in [0.717, 1.165) is 23.0 Å². The molecule has 0 amide bonds. The highest BCUT2D eigenvalue weighted by Crippen LogP contribution is 2.30. The molecule has 0 atom stereocenters. The van der Waals surface area contributed by atoms with Gasteiger partial charge in [-0.2, -0.15) is 5.26 Å². The van der Waals surface area contributed by atoms with Gasteiger partial charge >= 0.3 is 0 Å². The SMILES string of the molecule is CCc1nnc(CSc2ccc(C#N)cc2Cl)n1C. The van der Waals surface area contributed by atoms with Gasteiger partial charge in [-0.3, -0.25) is 0 Å². The molecule has 0 saturated carbocycles. The van der Waals surface area contributed by atoms with E-state index in [1.807, 2.05) is 17.7 Å². The smallest absolute Gasteiger partial charge is 0.143 e. The molecular formula is C13H13ClN4S. The lowest BCUT2D eigenvalue weighted by atomic mass is 10.2. The minimum Gasteiger partial charge on any atom is -0.317 e. The zero-order valence-electron chi connectivity index (χ0n) is 10.7. The van der Waals surface area contributed by atoms with Crippen LogP contribution >= 0.6 is 23.4 Å². The molecule has 0 bridgehead atoms. The van der Waals surface area contributed by atoms with Crippen molar-refractivity contribution in [1.82, 2.24) is 14.8 Å². The Balaban J connectivity index is 2.10. The molecule has 0 aliphatic heterocycles. The molecule has 2 aromatic rings. The summed E-state index contributed by atoms with van der Waals surface area (Å²) in [5.41, 5.74) is 0.571. The largest absolute Gasteiger partial charge is 0.317 e. The monoisotopic (exact) mass is 292 g/mol. The summed E-state index contributed by atoms with van der Waals surface area (Å²) in [6.07, 6.45) is 0.867. The van der Waals surface area contributed by atoms with Gasteiger partial charge in [0, 0.05) is 18.4 Å². The molecule has 0 aliphatic carbocycles. The summed E-state index contributed by atoms with van der Waals surface area (Å²) >= 11 is 7.72. The first-order valence-electron chi connectivity index (χ1n) is 5.85. The van der Waals surface area contributed by atoms with Crippen molar-refractivity contribution in [3.05, 3.63) is 40.4 Å². The van der Waals surface area contributed by atoms with Crippen molar-refractivity contribution in [1.29, 1.82) is 5.26 Å². The number of halogens is 1. The summed E-state index contributed by atoms with van der Waals surface area (Å²) < 4.78 is 2.00. The molecule has 6 heteroatoms. The van der Waals surface area contributed by atoms with E-state index in [4.69, 9.17) is 16.9 Å². The maximum atomic E-state index is 8.79. The maximum Gasteiger partial charge on any atom is 0.143 e. The lowest BCUT2D eigenvalue weighted by molar-refractivity contribution is 0.781. The van der Waals surface area contributed by atoms with Gasteiger partial charge in [0.25, 0.3) is 0 Å². The molecule has 19 heavy (non-hydrogen) atoms. The number of aromatic nitrogens is 3. The second kappa shape index (κ2) is 6.09. The van der Waals surface area contributed by atoms with Crippen LogP contribution in [0, 0.1) is 11.3 Å². The Kier molecular flexibility index (Phi) is 4.46. The van der Waals surface area contributed by atoms with Gasteiger partial charge < -0.3 is 4.57 Å². The average molecular weight is 293 g/mol. The Hall–Kier alpha value is -1.51. The van der Waals surface area contributed by atoms with E-state index in [9.17, 15) is 0 Å². The van der Waals surface area contributed by atoms with Gasteiger partial charge in [0.15, 0.2) is 0 Å². The first-order chi connectivity index (χ1) is 9.15. The van der Waals surface area contributed by atoms with Gasteiger partial charge in [0.2, 0.25) is 0 Å². The lowest BCUT2D eigenvalue weighted by Crippen LogP contribution is -2.00. The van der Waals surface area contributed by atoms with E-state index in [0.29, 0.717) is 16.3 Å². The van der Waals surface area contributed by atoms with E-state index < -0.39 is 0 Å². The molecule has 0 saturated heterocycles. The van der Waals surface area contributed by atoms with Crippen molar-refractivity contribution < 1.29 is 0 Å². The fraction of sp³-hybridized carbons (Fsp3) is 0.308. The summed E-state index contributed by atoms with van der Waals surface area (Å²) in [7, 11) is 1.97. The molecule has 0 aliphatic rings. The topological polar surface area (TPSA) is 54.5 Å². The molecule has 0 unspecified atom stereocenters. The molecule has 1 aromatic heterocycles. The van der Waals surface area contributed by atoms with Gasteiger partial charge in [-0.25, -0.2) is 0 Å². The predicted molar refractivity (Wildman–Crippen MR) is 76.1 cm³/mol. The molecule has 1 heterocycles. The quantitative estimate of drug-likeness (QED) is 0.812. The zero-order chi connectivity index (χ0) is 13.8. The minimum absolute atomic E-state index is 0.571. The summed E-state index contributed by atoms with van der Waals surface area (Å²) in [5.74, 6) is 2.60. The fourth-order valence-corrected chi connectivity index (χ4v) is 2.90. The summed E-state index contributed by atoms with van der Waals surface area (Å²) in [4.78, 5) is 0.946. The highest BCUT2D eigenvalue weighted by molar-refractivity contribution is 7.98. The van der Waals surface area contributed by atoms with Crippen molar-refractivity contribution >= 4 is 23.4 Å². The van der Waals surface area contributed by atoms with Crippen molar-refractivity contribution in [2.45, 2.75) is 24.0 Å². The van der Waals surface area contributed by atoms with Crippen molar-refractivity contribution in [3.63, 3.8) is 0 Å².